The molecule has 1 heterocycles. The van der Waals surface area contributed by atoms with Crippen molar-refractivity contribution in [3.8, 4) is 6.07 Å². The van der Waals surface area contributed by atoms with Gasteiger partial charge in [0.25, 0.3) is 0 Å². The number of amides is 1. The lowest BCUT2D eigenvalue weighted by molar-refractivity contribution is -0.141. The third-order valence-corrected chi connectivity index (χ3v) is 5.35. The van der Waals surface area contributed by atoms with Crippen LogP contribution >= 0.6 is 0 Å². The van der Waals surface area contributed by atoms with Gasteiger partial charge in [0.1, 0.15) is 5.41 Å². The Kier molecular flexibility index (Phi) is 5.07. The molecule has 0 aromatic carbocycles. The lowest BCUT2D eigenvalue weighted by Crippen LogP contribution is -2.47. The Morgan fingerprint density at radius 3 is 2.15 bits per heavy atom. The average Bonchev–Trinajstić information content (AvgIpc) is 2.73. The molecule has 2 aliphatic rings. The molecular weight excluding hydrogens is 248 g/mol. The summed E-state index contributed by atoms with van der Waals surface area (Å²) in [6.07, 6.45) is 8.15. The number of likely N-dealkylation sites (tertiary alicyclic amines) is 1. The minimum Gasteiger partial charge on any atom is -0.341 e. The Morgan fingerprint density at radius 1 is 1.15 bits per heavy atom. The first-order valence-corrected chi connectivity index (χ1v) is 8.30. The van der Waals surface area contributed by atoms with Gasteiger partial charge in [-0.15, -0.1) is 0 Å². The molecule has 0 unspecified atom stereocenters. The smallest absolute Gasteiger partial charge is 0.243 e. The first-order chi connectivity index (χ1) is 9.59. The van der Waals surface area contributed by atoms with Gasteiger partial charge in [0.2, 0.25) is 5.91 Å². The highest BCUT2D eigenvalue weighted by Gasteiger charge is 2.42. The molecule has 1 saturated carbocycles. The van der Waals surface area contributed by atoms with Crippen LogP contribution in [0.2, 0.25) is 0 Å². The van der Waals surface area contributed by atoms with Crippen LogP contribution in [0.4, 0.5) is 0 Å². The zero-order chi connectivity index (χ0) is 14.6. The van der Waals surface area contributed by atoms with Crippen molar-refractivity contribution in [1.29, 1.82) is 5.26 Å². The van der Waals surface area contributed by atoms with Gasteiger partial charge < -0.3 is 4.90 Å². The van der Waals surface area contributed by atoms with Gasteiger partial charge in [-0.3, -0.25) is 4.79 Å². The Balaban J connectivity index is 2.01. The van der Waals surface area contributed by atoms with Gasteiger partial charge in [0.05, 0.1) is 6.07 Å². The molecule has 112 valence electrons. The van der Waals surface area contributed by atoms with E-state index in [9.17, 15) is 10.1 Å². The van der Waals surface area contributed by atoms with Crippen LogP contribution in [-0.4, -0.2) is 23.9 Å². The molecule has 2 fully saturated rings. The maximum absolute atomic E-state index is 12.8. The van der Waals surface area contributed by atoms with Crippen molar-refractivity contribution >= 4 is 5.91 Å². The third-order valence-electron chi connectivity index (χ3n) is 5.35. The Bertz CT molecular complexity index is 367. The molecule has 0 aromatic rings. The van der Waals surface area contributed by atoms with Crippen LogP contribution in [0.5, 0.6) is 0 Å². The van der Waals surface area contributed by atoms with Gasteiger partial charge in [0.15, 0.2) is 0 Å². The summed E-state index contributed by atoms with van der Waals surface area (Å²) in [5.74, 6) is 1.57. The summed E-state index contributed by atoms with van der Waals surface area (Å²) in [5.41, 5.74) is -0.707. The van der Waals surface area contributed by atoms with Crippen LogP contribution in [0.1, 0.15) is 65.2 Å². The number of carbonyl (C=O) groups excluding carboxylic acids is 1. The highest BCUT2D eigenvalue weighted by molar-refractivity contribution is 5.85. The second-order valence-electron chi connectivity index (χ2n) is 6.98. The molecular formula is C17H28N2O. The number of nitrogens with zero attached hydrogens (tertiary/aromatic N) is 2. The summed E-state index contributed by atoms with van der Waals surface area (Å²) < 4.78 is 0. The fourth-order valence-corrected chi connectivity index (χ4v) is 3.78. The normalized spacial score (nSPS) is 24.2. The van der Waals surface area contributed by atoms with E-state index in [0.717, 1.165) is 57.5 Å². The van der Waals surface area contributed by atoms with E-state index >= 15 is 0 Å². The van der Waals surface area contributed by atoms with Crippen molar-refractivity contribution in [2.75, 3.05) is 13.1 Å². The van der Waals surface area contributed by atoms with Crippen molar-refractivity contribution in [3.05, 3.63) is 0 Å². The standard InChI is InChI=1S/C17H28N2O/c1-14(2)15-7-11-19(12-8-15)16(20)17(13-18)9-5-3-4-6-10-17/h14-15H,3-12H2,1-2H3. The van der Waals surface area contributed by atoms with E-state index in [1.165, 1.54) is 12.8 Å². The lowest BCUT2D eigenvalue weighted by Gasteiger charge is -2.38. The van der Waals surface area contributed by atoms with Crippen LogP contribution < -0.4 is 0 Å². The van der Waals surface area contributed by atoms with Crippen molar-refractivity contribution < 1.29 is 4.79 Å². The quantitative estimate of drug-likeness (QED) is 0.721. The summed E-state index contributed by atoms with van der Waals surface area (Å²) >= 11 is 0. The topological polar surface area (TPSA) is 44.1 Å². The molecule has 1 aliphatic carbocycles. The molecule has 1 saturated heterocycles. The molecule has 0 aromatic heterocycles. The fraction of sp³-hybridized carbons (Fsp3) is 0.882. The van der Waals surface area contributed by atoms with E-state index in [4.69, 9.17) is 0 Å². The van der Waals surface area contributed by atoms with Crippen LogP contribution in [0, 0.1) is 28.6 Å². The van der Waals surface area contributed by atoms with Crippen molar-refractivity contribution in [2.24, 2.45) is 17.3 Å². The number of carbonyl (C=O) groups is 1. The first kappa shape index (κ1) is 15.4. The molecule has 3 nitrogen and oxygen atoms in total. The molecule has 0 radical (unpaired) electrons. The van der Waals surface area contributed by atoms with Gasteiger partial charge in [-0.2, -0.15) is 5.26 Å². The third kappa shape index (κ3) is 3.16. The van der Waals surface area contributed by atoms with Crippen molar-refractivity contribution in [3.63, 3.8) is 0 Å². The largest absolute Gasteiger partial charge is 0.341 e. The second kappa shape index (κ2) is 6.61. The summed E-state index contributed by atoms with van der Waals surface area (Å²) in [7, 11) is 0. The maximum atomic E-state index is 12.8. The van der Waals surface area contributed by atoms with E-state index in [1.54, 1.807) is 0 Å². The molecule has 1 amide bonds. The van der Waals surface area contributed by atoms with E-state index < -0.39 is 5.41 Å². The summed E-state index contributed by atoms with van der Waals surface area (Å²) in [6, 6.07) is 2.40. The highest BCUT2D eigenvalue weighted by Crippen LogP contribution is 2.37. The fourth-order valence-electron chi connectivity index (χ4n) is 3.78. The molecule has 2 rings (SSSR count). The Labute approximate surface area is 123 Å². The predicted molar refractivity (Wildman–Crippen MR) is 79.9 cm³/mol. The maximum Gasteiger partial charge on any atom is 0.243 e. The number of hydrogen-bond donors (Lipinski definition) is 0. The highest BCUT2D eigenvalue weighted by atomic mass is 16.2. The SMILES string of the molecule is CC(C)C1CCN(C(=O)C2(C#N)CCCCCC2)CC1. The zero-order valence-electron chi connectivity index (χ0n) is 13.0. The number of hydrogen-bond acceptors (Lipinski definition) is 2. The van der Waals surface area contributed by atoms with Gasteiger partial charge in [0, 0.05) is 13.1 Å². The van der Waals surface area contributed by atoms with Gasteiger partial charge in [-0.1, -0.05) is 39.5 Å². The minimum atomic E-state index is -0.707. The van der Waals surface area contributed by atoms with E-state index in [0.29, 0.717) is 5.92 Å². The molecule has 3 heteroatoms. The molecule has 20 heavy (non-hydrogen) atoms. The first-order valence-electron chi connectivity index (χ1n) is 8.30. The van der Waals surface area contributed by atoms with Crippen LogP contribution in [0.15, 0.2) is 0 Å². The lowest BCUT2D eigenvalue weighted by atomic mass is 9.79. The molecule has 0 bridgehead atoms. The molecule has 0 spiro atoms. The van der Waals surface area contributed by atoms with E-state index in [1.807, 2.05) is 4.90 Å². The summed E-state index contributed by atoms with van der Waals surface area (Å²) in [4.78, 5) is 14.8. The monoisotopic (exact) mass is 276 g/mol. The summed E-state index contributed by atoms with van der Waals surface area (Å²) in [6.45, 7) is 6.24. The Morgan fingerprint density at radius 2 is 1.70 bits per heavy atom. The van der Waals surface area contributed by atoms with Gasteiger partial charge in [-0.05, 0) is 37.5 Å². The number of nitriles is 1. The predicted octanol–water partition coefficient (Wildman–Crippen LogP) is 3.75. The minimum absolute atomic E-state index is 0.129. The Hall–Kier alpha value is -1.04. The molecule has 0 N–H and O–H groups in total. The van der Waals surface area contributed by atoms with Crippen LogP contribution in [0.3, 0.4) is 0 Å². The summed E-state index contributed by atoms with van der Waals surface area (Å²) in [5, 5.41) is 9.61. The van der Waals surface area contributed by atoms with E-state index in [2.05, 4.69) is 19.9 Å². The number of piperidine rings is 1. The van der Waals surface area contributed by atoms with Crippen LogP contribution in [0.25, 0.3) is 0 Å². The van der Waals surface area contributed by atoms with Crippen LogP contribution in [-0.2, 0) is 4.79 Å². The molecule has 0 atom stereocenters. The second-order valence-corrected chi connectivity index (χ2v) is 6.98. The average molecular weight is 276 g/mol. The zero-order valence-corrected chi connectivity index (χ0v) is 13.0. The van der Waals surface area contributed by atoms with Gasteiger partial charge >= 0.3 is 0 Å². The molecule has 1 aliphatic heterocycles. The number of rotatable bonds is 2. The van der Waals surface area contributed by atoms with Gasteiger partial charge in [-0.25, -0.2) is 0 Å². The van der Waals surface area contributed by atoms with Crippen molar-refractivity contribution in [1.82, 2.24) is 4.90 Å². The van der Waals surface area contributed by atoms with Crippen molar-refractivity contribution in [2.45, 2.75) is 65.2 Å². The van der Waals surface area contributed by atoms with E-state index in [-0.39, 0.29) is 5.91 Å².